The second-order valence-corrected chi connectivity index (χ2v) is 7.46. The lowest BCUT2D eigenvalue weighted by Crippen LogP contribution is -2.38. The lowest BCUT2D eigenvalue weighted by Gasteiger charge is -2.27. The zero-order chi connectivity index (χ0) is 23.4. The molecule has 0 spiro atoms. The Hall–Kier alpha value is -3.80. The van der Waals surface area contributed by atoms with Crippen molar-refractivity contribution in [2.45, 2.75) is 33.0 Å². The first-order valence-corrected chi connectivity index (χ1v) is 9.85. The van der Waals surface area contributed by atoms with Gasteiger partial charge in [0.25, 0.3) is 12.4 Å². The van der Waals surface area contributed by atoms with Crippen molar-refractivity contribution in [3.63, 3.8) is 0 Å². The van der Waals surface area contributed by atoms with Gasteiger partial charge in [-0.3, -0.25) is 18.7 Å². The van der Waals surface area contributed by atoms with E-state index in [2.05, 4.69) is 15.3 Å². The van der Waals surface area contributed by atoms with Gasteiger partial charge in [0.1, 0.15) is 6.10 Å². The fraction of sp³-hybridized carbons (Fsp3) is 0.400. The van der Waals surface area contributed by atoms with Crippen molar-refractivity contribution in [1.82, 2.24) is 29.3 Å². The fourth-order valence-corrected chi connectivity index (χ4v) is 3.36. The van der Waals surface area contributed by atoms with Gasteiger partial charge in [-0.2, -0.15) is 5.10 Å². The number of aliphatic hydroxyl groups excluding tert-OH is 1. The highest BCUT2D eigenvalue weighted by atomic mass is 16.5. The van der Waals surface area contributed by atoms with Crippen LogP contribution in [0.15, 0.2) is 24.4 Å². The topological polar surface area (TPSA) is 152 Å². The number of nitrogens with zero attached hydrogens (tertiary/aromatic N) is 6. The van der Waals surface area contributed by atoms with Gasteiger partial charge < -0.3 is 19.8 Å². The predicted molar refractivity (Wildman–Crippen MR) is 110 cm³/mol. The van der Waals surface area contributed by atoms with E-state index in [4.69, 9.17) is 14.6 Å². The SMILES string of the molecule is COC(=O)c1cc2n(n1)CCN(C(=O)c1ccc3nnc(C(O)C(C)C)n3c1)C2.O=CO. The van der Waals surface area contributed by atoms with Gasteiger partial charge in [0.05, 0.1) is 31.5 Å². The Balaban J connectivity index is 0.000000913. The number of methoxy groups -OCH3 is 1. The van der Waals surface area contributed by atoms with Crippen molar-refractivity contribution in [3.05, 3.63) is 47.2 Å². The van der Waals surface area contributed by atoms with E-state index in [9.17, 15) is 14.7 Å². The molecule has 3 aromatic heterocycles. The molecule has 0 radical (unpaired) electrons. The molecular weight excluding hydrogens is 420 g/mol. The summed E-state index contributed by atoms with van der Waals surface area (Å²) in [6, 6.07) is 5.05. The zero-order valence-electron chi connectivity index (χ0n) is 17.9. The van der Waals surface area contributed by atoms with E-state index in [1.165, 1.54) is 7.11 Å². The number of aromatic nitrogens is 5. The van der Waals surface area contributed by atoms with Crippen LogP contribution in [0.1, 0.15) is 52.3 Å². The summed E-state index contributed by atoms with van der Waals surface area (Å²) in [4.78, 5) is 34.8. The van der Waals surface area contributed by atoms with Gasteiger partial charge in [0, 0.05) is 12.7 Å². The molecule has 4 rings (SSSR count). The minimum absolute atomic E-state index is 0.0341. The smallest absolute Gasteiger partial charge is 0.358 e. The minimum atomic E-state index is -0.781. The Morgan fingerprint density at radius 2 is 1.94 bits per heavy atom. The molecule has 1 aliphatic rings. The summed E-state index contributed by atoms with van der Waals surface area (Å²) < 4.78 is 8.08. The van der Waals surface area contributed by atoms with Gasteiger partial charge in [0.15, 0.2) is 17.2 Å². The Labute approximate surface area is 183 Å². The molecule has 12 nitrogen and oxygen atoms in total. The second kappa shape index (κ2) is 9.56. The number of hydrogen-bond acceptors (Lipinski definition) is 8. The number of hydrogen-bond donors (Lipinski definition) is 2. The molecule has 170 valence electrons. The summed E-state index contributed by atoms with van der Waals surface area (Å²) in [7, 11) is 1.31. The molecule has 0 fully saturated rings. The molecule has 0 saturated carbocycles. The first-order valence-electron chi connectivity index (χ1n) is 9.85. The van der Waals surface area contributed by atoms with Gasteiger partial charge in [0.2, 0.25) is 0 Å². The molecule has 12 heteroatoms. The van der Waals surface area contributed by atoms with Gasteiger partial charge in [-0.05, 0) is 24.1 Å². The number of ether oxygens (including phenoxy) is 1. The van der Waals surface area contributed by atoms with Crippen LogP contribution in [0.4, 0.5) is 0 Å². The Morgan fingerprint density at radius 1 is 1.22 bits per heavy atom. The average Bonchev–Trinajstić information content (AvgIpc) is 3.41. The highest BCUT2D eigenvalue weighted by molar-refractivity contribution is 5.94. The number of amides is 1. The van der Waals surface area contributed by atoms with Crippen LogP contribution in [0.3, 0.4) is 0 Å². The average molecular weight is 444 g/mol. The molecule has 1 aliphatic heterocycles. The number of esters is 1. The van der Waals surface area contributed by atoms with Crippen molar-refractivity contribution in [3.8, 4) is 0 Å². The van der Waals surface area contributed by atoms with Gasteiger partial charge in [-0.25, -0.2) is 4.79 Å². The van der Waals surface area contributed by atoms with Crippen molar-refractivity contribution >= 4 is 24.0 Å². The number of carbonyl (C=O) groups is 3. The van der Waals surface area contributed by atoms with Crippen LogP contribution in [0.5, 0.6) is 0 Å². The van der Waals surface area contributed by atoms with Gasteiger partial charge in [-0.1, -0.05) is 13.8 Å². The molecule has 3 aromatic rings. The first kappa shape index (κ1) is 22.9. The van der Waals surface area contributed by atoms with Crippen LogP contribution < -0.4 is 0 Å². The van der Waals surface area contributed by atoms with Crippen LogP contribution in [0, 0.1) is 5.92 Å². The van der Waals surface area contributed by atoms with E-state index in [1.54, 1.807) is 38.4 Å². The second-order valence-electron chi connectivity index (χ2n) is 7.46. The highest BCUT2D eigenvalue weighted by Gasteiger charge is 2.26. The van der Waals surface area contributed by atoms with Crippen LogP contribution in [0.2, 0.25) is 0 Å². The van der Waals surface area contributed by atoms with Crippen LogP contribution in [-0.2, 0) is 22.6 Å². The maximum absolute atomic E-state index is 13.1. The lowest BCUT2D eigenvalue weighted by molar-refractivity contribution is -0.122. The van der Waals surface area contributed by atoms with Crippen LogP contribution in [-0.4, -0.2) is 71.5 Å². The number of fused-ring (bicyclic) bond motifs is 2. The molecule has 32 heavy (non-hydrogen) atoms. The third-order valence-corrected chi connectivity index (χ3v) is 5.05. The number of carboxylic acid groups (broad SMARTS) is 1. The third-order valence-electron chi connectivity index (χ3n) is 5.05. The number of pyridine rings is 1. The number of aliphatic hydroxyl groups is 1. The van der Waals surface area contributed by atoms with E-state index in [0.717, 1.165) is 5.69 Å². The monoisotopic (exact) mass is 444 g/mol. The molecular formula is C20H24N6O6. The normalized spacial score (nSPS) is 13.8. The summed E-state index contributed by atoms with van der Waals surface area (Å²) in [5, 5.41) is 29.6. The Kier molecular flexibility index (Phi) is 6.83. The summed E-state index contributed by atoms with van der Waals surface area (Å²) >= 11 is 0. The quantitative estimate of drug-likeness (QED) is 0.439. The number of carbonyl (C=O) groups excluding carboxylic acids is 2. The van der Waals surface area contributed by atoms with E-state index in [0.29, 0.717) is 36.7 Å². The molecule has 0 aromatic carbocycles. The molecule has 1 unspecified atom stereocenters. The van der Waals surface area contributed by atoms with Crippen molar-refractivity contribution in [1.29, 1.82) is 0 Å². The molecule has 0 aliphatic carbocycles. The summed E-state index contributed by atoms with van der Waals surface area (Å²) in [5.74, 6) is -0.283. The summed E-state index contributed by atoms with van der Waals surface area (Å²) in [5.41, 5.74) is 2.03. The van der Waals surface area contributed by atoms with Crippen molar-refractivity contribution in [2.75, 3.05) is 13.7 Å². The fourth-order valence-electron chi connectivity index (χ4n) is 3.36. The van der Waals surface area contributed by atoms with Gasteiger partial charge in [-0.15, -0.1) is 10.2 Å². The zero-order valence-corrected chi connectivity index (χ0v) is 17.9. The Morgan fingerprint density at radius 3 is 2.59 bits per heavy atom. The minimum Gasteiger partial charge on any atom is -0.483 e. The highest BCUT2D eigenvalue weighted by Crippen LogP contribution is 2.22. The maximum atomic E-state index is 13.1. The van der Waals surface area contributed by atoms with Crippen molar-refractivity contribution in [2.24, 2.45) is 5.92 Å². The summed E-state index contributed by atoms with van der Waals surface area (Å²) in [6.45, 7) is 4.82. The van der Waals surface area contributed by atoms with Gasteiger partial charge >= 0.3 is 5.97 Å². The Bertz CT molecular complexity index is 1140. The van der Waals surface area contributed by atoms with E-state index in [1.807, 2.05) is 13.8 Å². The van der Waals surface area contributed by atoms with Crippen LogP contribution >= 0.6 is 0 Å². The molecule has 0 bridgehead atoms. The lowest BCUT2D eigenvalue weighted by atomic mass is 10.1. The molecule has 0 saturated heterocycles. The van der Waals surface area contributed by atoms with E-state index in [-0.39, 0.29) is 24.0 Å². The molecule has 2 N–H and O–H groups in total. The predicted octanol–water partition coefficient (Wildman–Crippen LogP) is 0.759. The molecule has 1 amide bonds. The first-order chi connectivity index (χ1) is 15.3. The third kappa shape index (κ3) is 4.44. The molecule has 1 atom stereocenters. The molecule has 4 heterocycles. The standard InChI is InChI=1S/C19H22N6O4.CH2O2/c1-11(2)16(26)17-21-20-15-5-4-12(9-24(15)17)18(27)23-6-7-25-13(10-23)8-14(22-25)19(28)29-3;2-1-3/h4-5,8-9,11,16,26H,6-7,10H2,1-3H3;1H,(H,2,3). The van der Waals surface area contributed by atoms with E-state index < -0.39 is 12.1 Å². The summed E-state index contributed by atoms with van der Waals surface area (Å²) in [6.07, 6.45) is 0.876. The van der Waals surface area contributed by atoms with E-state index >= 15 is 0 Å². The number of rotatable bonds is 4. The van der Waals surface area contributed by atoms with Crippen molar-refractivity contribution < 1.29 is 29.3 Å². The van der Waals surface area contributed by atoms with Crippen LogP contribution in [0.25, 0.3) is 5.65 Å². The largest absolute Gasteiger partial charge is 0.483 e. The maximum Gasteiger partial charge on any atom is 0.358 e.